The van der Waals surface area contributed by atoms with E-state index in [4.69, 9.17) is 0 Å². The number of hydrogen-bond acceptors (Lipinski definition) is 1. The maximum absolute atomic E-state index is 13.4. The van der Waals surface area contributed by atoms with Gasteiger partial charge in [0, 0.05) is 5.71 Å². The third kappa shape index (κ3) is 3.93. The van der Waals surface area contributed by atoms with Crippen LogP contribution in [0.4, 0.5) is 17.6 Å². The van der Waals surface area contributed by atoms with E-state index in [-0.39, 0.29) is 11.6 Å². The van der Waals surface area contributed by atoms with Crippen LogP contribution < -0.4 is 0 Å². The first-order valence-electron chi connectivity index (χ1n) is 6.75. The van der Waals surface area contributed by atoms with Crippen LogP contribution in [0.25, 0.3) is 0 Å². The molecule has 0 N–H and O–H groups in total. The molecule has 0 radical (unpaired) electrons. The molecule has 1 nitrogen and oxygen atoms in total. The average molecular weight is 309 g/mol. The Hall–Kier alpha value is -2.17. The molecule has 0 saturated heterocycles. The van der Waals surface area contributed by atoms with Crippen molar-refractivity contribution in [1.82, 2.24) is 0 Å². The van der Waals surface area contributed by atoms with Gasteiger partial charge in [-0.15, -0.1) is 0 Å². The normalized spacial score (nSPS) is 14.0. The fraction of sp³-hybridized carbons (Fsp3) is 0.235. The van der Waals surface area contributed by atoms with Gasteiger partial charge >= 0.3 is 6.18 Å². The van der Waals surface area contributed by atoms with Crippen molar-refractivity contribution in [2.45, 2.75) is 26.1 Å². The summed E-state index contributed by atoms with van der Waals surface area (Å²) in [5.74, 6) is -0.924. The molecule has 1 unspecified atom stereocenters. The number of alkyl halides is 3. The van der Waals surface area contributed by atoms with E-state index in [9.17, 15) is 17.6 Å². The van der Waals surface area contributed by atoms with Crippen molar-refractivity contribution in [2.75, 3.05) is 0 Å². The summed E-state index contributed by atoms with van der Waals surface area (Å²) < 4.78 is 51.6. The van der Waals surface area contributed by atoms with Gasteiger partial charge in [-0.3, -0.25) is 4.99 Å². The Balaban J connectivity index is 2.35. The maximum atomic E-state index is 13.4. The lowest BCUT2D eigenvalue weighted by Crippen LogP contribution is -2.08. The fourth-order valence-electron chi connectivity index (χ4n) is 2.13. The highest BCUT2D eigenvalue weighted by molar-refractivity contribution is 5.99. The lowest BCUT2D eigenvalue weighted by molar-refractivity contribution is -0.137. The second kappa shape index (κ2) is 6.30. The summed E-state index contributed by atoms with van der Waals surface area (Å²) >= 11 is 0. The Morgan fingerprint density at radius 3 is 2.27 bits per heavy atom. The van der Waals surface area contributed by atoms with Crippen molar-refractivity contribution in [3.8, 4) is 0 Å². The summed E-state index contributed by atoms with van der Waals surface area (Å²) in [6.07, 6.45) is -4.58. The minimum atomic E-state index is -4.58. The van der Waals surface area contributed by atoms with Gasteiger partial charge < -0.3 is 0 Å². The molecule has 2 aromatic rings. The average Bonchev–Trinajstić information content (AvgIpc) is 2.46. The van der Waals surface area contributed by atoms with Crippen LogP contribution in [-0.4, -0.2) is 5.71 Å². The van der Waals surface area contributed by atoms with E-state index in [0.717, 1.165) is 17.7 Å². The van der Waals surface area contributed by atoms with Crippen LogP contribution in [0.1, 0.15) is 36.6 Å². The van der Waals surface area contributed by atoms with Gasteiger partial charge in [-0.25, -0.2) is 4.39 Å². The Morgan fingerprint density at radius 1 is 1.05 bits per heavy atom. The second-order valence-electron chi connectivity index (χ2n) is 5.03. The standard InChI is InChI=1S/C17H15F4N/c1-11(13-6-4-3-5-7-13)22-12(2)14-8-15(17(19,20)21)10-16(18)9-14/h3-11H,1-2H3. The van der Waals surface area contributed by atoms with Gasteiger partial charge in [0.2, 0.25) is 0 Å². The summed E-state index contributed by atoms with van der Waals surface area (Å²) in [7, 11) is 0. The highest BCUT2D eigenvalue weighted by atomic mass is 19.4. The summed E-state index contributed by atoms with van der Waals surface area (Å²) in [6, 6.07) is 11.6. The van der Waals surface area contributed by atoms with Crippen LogP contribution >= 0.6 is 0 Å². The molecule has 5 heteroatoms. The molecule has 0 bridgehead atoms. The second-order valence-corrected chi connectivity index (χ2v) is 5.03. The quantitative estimate of drug-likeness (QED) is 0.530. The zero-order valence-corrected chi connectivity index (χ0v) is 12.2. The minimum Gasteiger partial charge on any atom is -0.282 e. The molecule has 116 valence electrons. The van der Waals surface area contributed by atoms with Crippen LogP contribution in [0.3, 0.4) is 0 Å². The molecule has 0 saturated carbocycles. The van der Waals surface area contributed by atoms with E-state index < -0.39 is 17.6 Å². The number of aliphatic imine (C=N–C) groups is 1. The van der Waals surface area contributed by atoms with Gasteiger partial charge in [0.1, 0.15) is 5.82 Å². The first kappa shape index (κ1) is 16.2. The fourth-order valence-corrected chi connectivity index (χ4v) is 2.13. The molecule has 2 aromatic carbocycles. The predicted octanol–water partition coefficient (Wildman–Crippen LogP) is 5.41. The highest BCUT2D eigenvalue weighted by Crippen LogP contribution is 2.30. The summed E-state index contributed by atoms with van der Waals surface area (Å²) in [5.41, 5.74) is 0.426. The van der Waals surface area contributed by atoms with Crippen LogP contribution in [0.2, 0.25) is 0 Å². The first-order valence-corrected chi connectivity index (χ1v) is 6.75. The van der Waals surface area contributed by atoms with Crippen molar-refractivity contribution in [3.63, 3.8) is 0 Å². The van der Waals surface area contributed by atoms with E-state index in [1.807, 2.05) is 37.3 Å². The molecule has 2 rings (SSSR count). The molecule has 0 aromatic heterocycles. The molecule has 0 amide bonds. The summed E-state index contributed by atoms with van der Waals surface area (Å²) in [4.78, 5) is 4.36. The van der Waals surface area contributed by atoms with E-state index in [0.29, 0.717) is 11.8 Å². The van der Waals surface area contributed by atoms with Crippen molar-refractivity contribution in [1.29, 1.82) is 0 Å². The summed E-state index contributed by atoms with van der Waals surface area (Å²) in [5, 5.41) is 0. The van der Waals surface area contributed by atoms with Gasteiger partial charge in [-0.05, 0) is 43.2 Å². The van der Waals surface area contributed by atoms with Gasteiger partial charge in [0.15, 0.2) is 0 Å². The Bertz CT molecular complexity index is 675. The Kier molecular flexibility index (Phi) is 4.64. The molecular formula is C17H15F4N. The number of benzene rings is 2. The van der Waals surface area contributed by atoms with Gasteiger partial charge in [-0.2, -0.15) is 13.2 Å². The van der Waals surface area contributed by atoms with Crippen LogP contribution in [0.5, 0.6) is 0 Å². The smallest absolute Gasteiger partial charge is 0.282 e. The SMILES string of the molecule is CC(=NC(C)c1ccccc1)c1cc(F)cc(C(F)(F)F)c1. The third-order valence-electron chi connectivity index (χ3n) is 3.31. The van der Waals surface area contributed by atoms with Crippen LogP contribution in [0, 0.1) is 5.82 Å². The minimum absolute atomic E-state index is 0.134. The maximum Gasteiger partial charge on any atom is 0.416 e. The van der Waals surface area contributed by atoms with E-state index >= 15 is 0 Å². The predicted molar refractivity (Wildman–Crippen MR) is 78.5 cm³/mol. The van der Waals surface area contributed by atoms with E-state index in [1.165, 1.54) is 0 Å². The number of halogens is 4. The lowest BCUT2D eigenvalue weighted by Gasteiger charge is -2.12. The highest BCUT2D eigenvalue weighted by Gasteiger charge is 2.31. The molecule has 0 fully saturated rings. The van der Waals surface area contributed by atoms with Crippen LogP contribution in [0.15, 0.2) is 53.5 Å². The van der Waals surface area contributed by atoms with E-state index in [2.05, 4.69) is 4.99 Å². The van der Waals surface area contributed by atoms with Gasteiger partial charge in [0.05, 0.1) is 11.6 Å². The lowest BCUT2D eigenvalue weighted by atomic mass is 10.1. The van der Waals surface area contributed by atoms with Crippen LogP contribution in [-0.2, 0) is 6.18 Å². The summed E-state index contributed by atoms with van der Waals surface area (Å²) in [6.45, 7) is 3.41. The largest absolute Gasteiger partial charge is 0.416 e. The zero-order chi connectivity index (χ0) is 16.3. The molecule has 0 heterocycles. The van der Waals surface area contributed by atoms with E-state index in [1.54, 1.807) is 6.92 Å². The molecular weight excluding hydrogens is 294 g/mol. The van der Waals surface area contributed by atoms with Gasteiger partial charge in [-0.1, -0.05) is 30.3 Å². The van der Waals surface area contributed by atoms with Crippen molar-refractivity contribution >= 4 is 5.71 Å². The van der Waals surface area contributed by atoms with Crippen molar-refractivity contribution < 1.29 is 17.6 Å². The van der Waals surface area contributed by atoms with Crippen molar-refractivity contribution in [2.24, 2.45) is 4.99 Å². The topological polar surface area (TPSA) is 12.4 Å². The van der Waals surface area contributed by atoms with Gasteiger partial charge in [0.25, 0.3) is 0 Å². The third-order valence-corrected chi connectivity index (χ3v) is 3.31. The molecule has 0 aliphatic carbocycles. The van der Waals surface area contributed by atoms with Crippen molar-refractivity contribution in [3.05, 3.63) is 71.0 Å². The molecule has 22 heavy (non-hydrogen) atoms. The first-order chi connectivity index (χ1) is 10.3. The monoisotopic (exact) mass is 309 g/mol. The molecule has 0 aliphatic rings. The molecule has 1 atom stereocenters. The Morgan fingerprint density at radius 2 is 1.68 bits per heavy atom. The zero-order valence-electron chi connectivity index (χ0n) is 12.2. The number of rotatable bonds is 3. The number of hydrogen-bond donors (Lipinski definition) is 0. The number of nitrogens with zero attached hydrogens (tertiary/aromatic N) is 1. The molecule has 0 aliphatic heterocycles. The Labute approximate surface area is 126 Å². The molecule has 0 spiro atoms.